The zero-order valence-corrected chi connectivity index (χ0v) is 14.4. The van der Waals surface area contributed by atoms with Gasteiger partial charge < -0.3 is 0 Å². The first-order chi connectivity index (χ1) is 9.93. The van der Waals surface area contributed by atoms with Gasteiger partial charge in [-0.15, -0.1) is 0 Å². The average molecular weight is 303 g/mol. The molecule has 1 atom stereocenters. The molecule has 0 radical (unpaired) electrons. The van der Waals surface area contributed by atoms with Crippen LogP contribution in [0.25, 0.3) is 0 Å². The maximum atomic E-state index is 13.6. The molecule has 1 saturated heterocycles. The summed E-state index contributed by atoms with van der Waals surface area (Å²) in [7, 11) is 0. The Kier molecular flexibility index (Phi) is 8.15. The van der Waals surface area contributed by atoms with Crippen molar-refractivity contribution in [3.63, 3.8) is 0 Å². The van der Waals surface area contributed by atoms with E-state index in [0.29, 0.717) is 6.54 Å². The predicted molar refractivity (Wildman–Crippen MR) is 87.1 cm³/mol. The van der Waals surface area contributed by atoms with Gasteiger partial charge in [-0.25, -0.2) is 8.78 Å². The smallest absolute Gasteiger partial charge is 0.261 e. The van der Waals surface area contributed by atoms with E-state index in [0.717, 1.165) is 12.8 Å². The second kappa shape index (κ2) is 9.07. The fourth-order valence-electron chi connectivity index (χ4n) is 3.50. The minimum atomic E-state index is -2.46. The molecule has 0 spiro atoms. The average Bonchev–Trinajstić information content (AvgIpc) is 2.80. The molecule has 0 aromatic rings. The molecule has 0 bridgehead atoms. The van der Waals surface area contributed by atoms with Gasteiger partial charge in [0.25, 0.3) is 5.92 Å². The van der Waals surface area contributed by atoms with Crippen LogP contribution in [0.15, 0.2) is 0 Å². The summed E-state index contributed by atoms with van der Waals surface area (Å²) in [6, 6.07) is 0. The summed E-state index contributed by atoms with van der Waals surface area (Å²) in [6.45, 7) is 7.20. The molecule has 1 nitrogen and oxygen atoms in total. The van der Waals surface area contributed by atoms with E-state index in [1.165, 1.54) is 51.4 Å². The van der Waals surface area contributed by atoms with Crippen molar-refractivity contribution in [2.45, 2.75) is 103 Å². The second-order valence-electron chi connectivity index (χ2n) is 7.15. The first kappa shape index (κ1) is 18.9. The maximum Gasteiger partial charge on any atom is 0.261 e. The highest BCUT2D eigenvalue weighted by atomic mass is 19.3. The molecule has 0 aromatic carbocycles. The predicted octanol–water partition coefficient (Wildman–Crippen LogP) is 6.03. The zero-order valence-electron chi connectivity index (χ0n) is 14.4. The zero-order chi connectivity index (χ0) is 15.8. The van der Waals surface area contributed by atoms with Crippen molar-refractivity contribution in [2.75, 3.05) is 13.1 Å². The first-order valence-electron chi connectivity index (χ1n) is 9.06. The SMILES string of the molecule is CCCCCCCC(C)(CCCCC)N1CCC(F)(F)C1. The third kappa shape index (κ3) is 6.63. The fourth-order valence-corrected chi connectivity index (χ4v) is 3.50. The van der Waals surface area contributed by atoms with Gasteiger partial charge in [-0.05, 0) is 19.8 Å². The molecule has 1 heterocycles. The van der Waals surface area contributed by atoms with Gasteiger partial charge in [-0.3, -0.25) is 4.90 Å². The summed E-state index contributed by atoms with van der Waals surface area (Å²) in [5, 5.41) is 0. The number of halogens is 2. The van der Waals surface area contributed by atoms with Crippen LogP contribution in [0.3, 0.4) is 0 Å². The highest BCUT2D eigenvalue weighted by Gasteiger charge is 2.44. The first-order valence-corrected chi connectivity index (χ1v) is 9.06. The fraction of sp³-hybridized carbons (Fsp3) is 1.00. The Labute approximate surface area is 130 Å². The van der Waals surface area contributed by atoms with E-state index in [1.54, 1.807) is 0 Å². The minimum absolute atomic E-state index is 0.0126. The molecule has 0 amide bonds. The number of likely N-dealkylation sites (tertiary alicyclic amines) is 1. The maximum absolute atomic E-state index is 13.6. The summed E-state index contributed by atoms with van der Waals surface area (Å²) in [6.07, 6.45) is 12.1. The van der Waals surface area contributed by atoms with Gasteiger partial charge in [0, 0.05) is 18.5 Å². The molecule has 1 fully saturated rings. The van der Waals surface area contributed by atoms with Crippen molar-refractivity contribution in [1.29, 1.82) is 0 Å². The van der Waals surface area contributed by atoms with Gasteiger partial charge in [0.15, 0.2) is 0 Å². The summed E-state index contributed by atoms with van der Waals surface area (Å²) >= 11 is 0. The van der Waals surface area contributed by atoms with Crippen LogP contribution in [0.1, 0.15) is 91.4 Å². The highest BCUT2D eigenvalue weighted by Crippen LogP contribution is 2.37. The molecule has 1 rings (SSSR count). The second-order valence-corrected chi connectivity index (χ2v) is 7.15. The Morgan fingerprint density at radius 3 is 1.95 bits per heavy atom. The van der Waals surface area contributed by atoms with Crippen molar-refractivity contribution in [2.24, 2.45) is 0 Å². The van der Waals surface area contributed by atoms with Gasteiger partial charge in [0.05, 0.1) is 6.54 Å². The van der Waals surface area contributed by atoms with Crippen molar-refractivity contribution in [1.82, 2.24) is 4.90 Å². The van der Waals surface area contributed by atoms with Crippen molar-refractivity contribution in [3.8, 4) is 0 Å². The molecular formula is C18H35F2N. The van der Waals surface area contributed by atoms with E-state index >= 15 is 0 Å². The molecule has 0 aromatic heterocycles. The Morgan fingerprint density at radius 1 is 0.905 bits per heavy atom. The molecule has 3 heteroatoms. The molecule has 1 unspecified atom stereocenters. The largest absolute Gasteiger partial charge is 0.292 e. The number of nitrogens with zero attached hydrogens (tertiary/aromatic N) is 1. The van der Waals surface area contributed by atoms with Gasteiger partial charge in [-0.2, -0.15) is 0 Å². The van der Waals surface area contributed by atoms with E-state index in [9.17, 15) is 8.78 Å². The van der Waals surface area contributed by atoms with Crippen LogP contribution in [-0.2, 0) is 0 Å². The monoisotopic (exact) mass is 303 g/mol. The van der Waals surface area contributed by atoms with Crippen LogP contribution in [-0.4, -0.2) is 29.5 Å². The van der Waals surface area contributed by atoms with Crippen LogP contribution >= 0.6 is 0 Å². The molecule has 0 N–H and O–H groups in total. The number of unbranched alkanes of at least 4 members (excludes halogenated alkanes) is 6. The number of hydrogen-bond acceptors (Lipinski definition) is 1. The molecule has 0 aliphatic carbocycles. The molecular weight excluding hydrogens is 268 g/mol. The van der Waals surface area contributed by atoms with E-state index in [4.69, 9.17) is 0 Å². The lowest BCUT2D eigenvalue weighted by atomic mass is 9.86. The molecule has 126 valence electrons. The Bertz CT molecular complexity index is 280. The summed E-state index contributed by atoms with van der Waals surface area (Å²) in [5.41, 5.74) is -0.0126. The van der Waals surface area contributed by atoms with Crippen LogP contribution in [0, 0.1) is 0 Å². The quantitative estimate of drug-likeness (QED) is 0.421. The van der Waals surface area contributed by atoms with E-state index in [2.05, 4.69) is 25.7 Å². The number of hydrogen-bond donors (Lipinski definition) is 0. The van der Waals surface area contributed by atoms with Gasteiger partial charge >= 0.3 is 0 Å². The molecule has 21 heavy (non-hydrogen) atoms. The van der Waals surface area contributed by atoms with Crippen LogP contribution in [0.5, 0.6) is 0 Å². The summed E-state index contributed by atoms with van der Waals surface area (Å²) < 4.78 is 27.1. The van der Waals surface area contributed by atoms with Crippen molar-refractivity contribution < 1.29 is 8.78 Å². The topological polar surface area (TPSA) is 3.24 Å². The standard InChI is InChI=1S/C18H35F2N/c1-4-6-8-9-11-13-17(3,12-10-7-5-2)21-15-14-18(19,20)16-21/h4-16H2,1-3H3. The third-order valence-electron chi connectivity index (χ3n) is 5.07. The Balaban J connectivity index is 2.49. The molecule has 0 saturated carbocycles. The lowest BCUT2D eigenvalue weighted by Crippen LogP contribution is -2.46. The van der Waals surface area contributed by atoms with Crippen LogP contribution in [0.2, 0.25) is 0 Å². The molecule has 1 aliphatic rings. The third-order valence-corrected chi connectivity index (χ3v) is 5.07. The Hall–Kier alpha value is -0.180. The molecule has 1 aliphatic heterocycles. The summed E-state index contributed by atoms with van der Waals surface area (Å²) in [4.78, 5) is 2.09. The van der Waals surface area contributed by atoms with Crippen molar-refractivity contribution >= 4 is 0 Å². The van der Waals surface area contributed by atoms with E-state index in [1.807, 2.05) is 0 Å². The van der Waals surface area contributed by atoms with Crippen molar-refractivity contribution in [3.05, 3.63) is 0 Å². The van der Waals surface area contributed by atoms with Crippen LogP contribution in [0.4, 0.5) is 8.78 Å². The minimum Gasteiger partial charge on any atom is -0.292 e. The lowest BCUT2D eigenvalue weighted by molar-refractivity contribution is -0.00612. The van der Waals surface area contributed by atoms with Crippen LogP contribution < -0.4 is 0 Å². The van der Waals surface area contributed by atoms with E-state index in [-0.39, 0.29) is 18.5 Å². The van der Waals surface area contributed by atoms with E-state index < -0.39 is 5.92 Å². The van der Waals surface area contributed by atoms with Gasteiger partial charge in [0.2, 0.25) is 0 Å². The number of alkyl halides is 2. The normalized spacial score (nSPS) is 21.6. The van der Waals surface area contributed by atoms with Gasteiger partial charge in [0.1, 0.15) is 0 Å². The lowest BCUT2D eigenvalue weighted by Gasteiger charge is -2.39. The summed E-state index contributed by atoms with van der Waals surface area (Å²) in [5.74, 6) is -2.46. The Morgan fingerprint density at radius 2 is 1.43 bits per heavy atom. The highest BCUT2D eigenvalue weighted by molar-refractivity contribution is 4.94. The number of rotatable bonds is 11. The van der Waals surface area contributed by atoms with Gasteiger partial charge in [-0.1, -0.05) is 65.2 Å².